The molecule has 0 unspecified atom stereocenters. The van der Waals surface area contributed by atoms with E-state index in [4.69, 9.17) is 0 Å². The maximum absolute atomic E-state index is 12.5. The van der Waals surface area contributed by atoms with Crippen molar-refractivity contribution < 1.29 is 9.59 Å². The molecule has 0 spiro atoms. The monoisotopic (exact) mass is 341 g/mol. The lowest BCUT2D eigenvalue weighted by Gasteiger charge is -2.07. The minimum atomic E-state index is -0.191. The predicted molar refractivity (Wildman–Crippen MR) is 94.5 cm³/mol. The van der Waals surface area contributed by atoms with Crippen LogP contribution in [0.4, 0.5) is 10.8 Å². The molecule has 5 nitrogen and oxygen atoms in total. The Bertz CT molecular complexity index is 772. The Hall–Kier alpha value is -2.21. The number of carbonyl (C=O) groups is 2. The number of fused-ring (bicyclic) bond motifs is 1. The van der Waals surface area contributed by atoms with Crippen LogP contribution in [0, 0.1) is 5.92 Å². The number of hydrogen-bond acceptors (Lipinski definition) is 4. The van der Waals surface area contributed by atoms with Crippen molar-refractivity contribution in [2.45, 2.75) is 38.5 Å². The molecule has 2 aliphatic carbocycles. The van der Waals surface area contributed by atoms with Crippen molar-refractivity contribution in [2.24, 2.45) is 5.92 Å². The molecule has 1 aromatic carbocycles. The molecule has 0 atom stereocenters. The summed E-state index contributed by atoms with van der Waals surface area (Å²) in [4.78, 5) is 30.1. The highest BCUT2D eigenvalue weighted by molar-refractivity contribution is 7.15. The number of nitrogens with zero attached hydrogens (tertiary/aromatic N) is 1. The van der Waals surface area contributed by atoms with Gasteiger partial charge in [0.05, 0.1) is 5.69 Å². The lowest BCUT2D eigenvalue weighted by atomic mass is 10.0. The molecule has 0 bridgehead atoms. The van der Waals surface area contributed by atoms with Gasteiger partial charge < -0.3 is 5.32 Å². The number of rotatable bonds is 4. The minimum absolute atomic E-state index is 0.0418. The smallest absolute Gasteiger partial charge is 0.257 e. The van der Waals surface area contributed by atoms with Crippen molar-refractivity contribution in [3.05, 3.63) is 40.4 Å². The van der Waals surface area contributed by atoms with Gasteiger partial charge in [0.1, 0.15) is 0 Å². The van der Waals surface area contributed by atoms with Gasteiger partial charge in [0.15, 0.2) is 5.13 Å². The molecule has 6 heteroatoms. The quantitative estimate of drug-likeness (QED) is 0.892. The van der Waals surface area contributed by atoms with E-state index in [-0.39, 0.29) is 17.7 Å². The predicted octanol–water partition coefficient (Wildman–Crippen LogP) is 3.62. The van der Waals surface area contributed by atoms with E-state index in [1.165, 1.54) is 17.7 Å². The van der Waals surface area contributed by atoms with Crippen LogP contribution in [0.15, 0.2) is 24.3 Å². The number of anilines is 2. The average molecular weight is 341 g/mol. The van der Waals surface area contributed by atoms with Crippen LogP contribution in [0.5, 0.6) is 0 Å². The van der Waals surface area contributed by atoms with Crippen LogP contribution in [-0.4, -0.2) is 16.8 Å². The van der Waals surface area contributed by atoms with E-state index in [1.807, 2.05) is 0 Å². The largest absolute Gasteiger partial charge is 0.326 e. The summed E-state index contributed by atoms with van der Waals surface area (Å²) in [5, 5.41) is 6.42. The van der Waals surface area contributed by atoms with Gasteiger partial charge in [0.25, 0.3) is 5.91 Å². The third kappa shape index (κ3) is 3.33. The molecule has 1 aromatic heterocycles. The lowest BCUT2D eigenvalue weighted by molar-refractivity contribution is -0.117. The number of nitrogens with one attached hydrogen (secondary N) is 2. The van der Waals surface area contributed by atoms with Gasteiger partial charge in [-0.05, 0) is 56.7 Å². The molecule has 24 heavy (non-hydrogen) atoms. The standard InChI is InChI=1S/C18H19N3O2S/c22-16(11-8-9-11)19-13-5-3-4-12(10-13)17(23)21-18-20-14-6-1-2-7-15(14)24-18/h3-5,10-11H,1-2,6-9H2,(H,19,22)(H,20,21,23). The molecule has 2 amide bonds. The van der Waals surface area contributed by atoms with Crippen molar-refractivity contribution in [3.8, 4) is 0 Å². The van der Waals surface area contributed by atoms with Gasteiger partial charge in [-0.15, -0.1) is 11.3 Å². The van der Waals surface area contributed by atoms with E-state index in [9.17, 15) is 9.59 Å². The summed E-state index contributed by atoms with van der Waals surface area (Å²) in [5.41, 5.74) is 2.32. The average Bonchev–Trinajstić information content (AvgIpc) is 3.35. The molecule has 124 valence electrons. The Morgan fingerprint density at radius 3 is 2.75 bits per heavy atom. The summed E-state index contributed by atoms with van der Waals surface area (Å²) in [6.45, 7) is 0. The van der Waals surface area contributed by atoms with E-state index < -0.39 is 0 Å². The highest BCUT2D eigenvalue weighted by Gasteiger charge is 2.29. The topological polar surface area (TPSA) is 71.1 Å². The highest BCUT2D eigenvalue weighted by Crippen LogP contribution is 2.31. The van der Waals surface area contributed by atoms with Crippen LogP contribution in [0.25, 0.3) is 0 Å². The van der Waals surface area contributed by atoms with Crippen LogP contribution in [0.1, 0.15) is 46.6 Å². The van der Waals surface area contributed by atoms with Crippen LogP contribution in [-0.2, 0) is 17.6 Å². The normalized spacial score (nSPS) is 16.3. The fourth-order valence-corrected chi connectivity index (χ4v) is 3.95. The van der Waals surface area contributed by atoms with Crippen molar-refractivity contribution in [2.75, 3.05) is 10.6 Å². The van der Waals surface area contributed by atoms with Crippen molar-refractivity contribution >= 4 is 34.0 Å². The van der Waals surface area contributed by atoms with E-state index in [0.29, 0.717) is 16.4 Å². The lowest BCUT2D eigenvalue weighted by Crippen LogP contribution is -2.15. The van der Waals surface area contributed by atoms with Gasteiger partial charge in [-0.3, -0.25) is 14.9 Å². The summed E-state index contributed by atoms with van der Waals surface area (Å²) in [6, 6.07) is 7.04. The molecule has 1 saturated carbocycles. The number of amides is 2. The third-order valence-corrected chi connectivity index (χ3v) is 5.48. The van der Waals surface area contributed by atoms with Crippen molar-refractivity contribution in [1.82, 2.24) is 4.98 Å². The maximum Gasteiger partial charge on any atom is 0.257 e. The number of benzene rings is 1. The van der Waals surface area contributed by atoms with Gasteiger partial charge in [-0.1, -0.05) is 6.07 Å². The van der Waals surface area contributed by atoms with Gasteiger partial charge in [-0.25, -0.2) is 4.98 Å². The Morgan fingerprint density at radius 2 is 1.96 bits per heavy atom. The molecule has 0 radical (unpaired) electrons. The number of carbonyl (C=O) groups excluding carboxylic acids is 2. The zero-order valence-corrected chi connectivity index (χ0v) is 14.1. The van der Waals surface area contributed by atoms with E-state index >= 15 is 0 Å². The van der Waals surface area contributed by atoms with Gasteiger partial charge in [0, 0.05) is 22.0 Å². The second-order valence-corrected chi connectivity index (χ2v) is 7.48. The first-order valence-corrected chi connectivity index (χ1v) is 9.21. The molecule has 4 rings (SSSR count). The van der Waals surface area contributed by atoms with Crippen LogP contribution >= 0.6 is 11.3 Å². The van der Waals surface area contributed by atoms with Gasteiger partial charge in [-0.2, -0.15) is 0 Å². The van der Waals surface area contributed by atoms with E-state index in [0.717, 1.165) is 31.4 Å². The molecule has 2 N–H and O–H groups in total. The maximum atomic E-state index is 12.5. The molecule has 2 aliphatic rings. The number of aromatic nitrogens is 1. The number of thiazole rings is 1. The summed E-state index contributed by atoms with van der Waals surface area (Å²) >= 11 is 1.57. The summed E-state index contributed by atoms with van der Waals surface area (Å²) in [6.07, 6.45) is 6.36. The minimum Gasteiger partial charge on any atom is -0.326 e. The third-order valence-electron chi connectivity index (χ3n) is 4.41. The first-order chi connectivity index (χ1) is 11.7. The molecule has 1 heterocycles. The van der Waals surface area contributed by atoms with Crippen LogP contribution in [0.3, 0.4) is 0 Å². The van der Waals surface area contributed by atoms with Crippen LogP contribution in [0.2, 0.25) is 0 Å². The Morgan fingerprint density at radius 1 is 1.12 bits per heavy atom. The SMILES string of the molecule is O=C(Nc1nc2c(s1)CCCC2)c1cccc(NC(=O)C2CC2)c1. The zero-order valence-electron chi connectivity index (χ0n) is 13.3. The zero-order chi connectivity index (χ0) is 16.5. The van der Waals surface area contributed by atoms with E-state index in [1.54, 1.807) is 35.6 Å². The second-order valence-electron chi connectivity index (χ2n) is 6.39. The van der Waals surface area contributed by atoms with Gasteiger partial charge >= 0.3 is 0 Å². The summed E-state index contributed by atoms with van der Waals surface area (Å²) < 4.78 is 0. The fraction of sp³-hybridized carbons (Fsp3) is 0.389. The molecular formula is C18H19N3O2S. The van der Waals surface area contributed by atoms with Gasteiger partial charge in [0.2, 0.25) is 5.91 Å². The van der Waals surface area contributed by atoms with Crippen molar-refractivity contribution in [3.63, 3.8) is 0 Å². The first-order valence-electron chi connectivity index (χ1n) is 8.40. The number of hydrogen-bond donors (Lipinski definition) is 2. The highest BCUT2D eigenvalue weighted by atomic mass is 32.1. The number of aryl methyl sites for hydroxylation is 2. The summed E-state index contributed by atoms with van der Waals surface area (Å²) in [7, 11) is 0. The molecule has 0 aliphatic heterocycles. The molecule has 1 fully saturated rings. The molecule has 0 saturated heterocycles. The summed E-state index contributed by atoms with van der Waals surface area (Å²) in [5.74, 6) is -0.00658. The Kier molecular flexibility index (Phi) is 4.06. The Labute approximate surface area is 144 Å². The second kappa shape index (κ2) is 6.36. The van der Waals surface area contributed by atoms with Crippen molar-refractivity contribution in [1.29, 1.82) is 0 Å². The van der Waals surface area contributed by atoms with Crippen LogP contribution < -0.4 is 10.6 Å². The fourth-order valence-electron chi connectivity index (χ4n) is 2.90. The first kappa shape index (κ1) is 15.3. The molecular weight excluding hydrogens is 322 g/mol. The van der Waals surface area contributed by atoms with E-state index in [2.05, 4.69) is 15.6 Å². The Balaban J connectivity index is 1.45. The molecule has 2 aromatic rings.